The monoisotopic (exact) mass is 379 g/mol. The van der Waals surface area contributed by atoms with Crippen molar-refractivity contribution in [3.8, 4) is 0 Å². The molecule has 0 fully saturated rings. The van der Waals surface area contributed by atoms with Crippen molar-refractivity contribution >= 4 is 29.1 Å². The van der Waals surface area contributed by atoms with Gasteiger partial charge in [-0.3, -0.25) is 14.6 Å². The Hall–Kier alpha value is -3.18. The van der Waals surface area contributed by atoms with Crippen molar-refractivity contribution < 1.29 is 9.59 Å². The van der Waals surface area contributed by atoms with E-state index < -0.39 is 0 Å². The molecule has 0 spiro atoms. The molecular formula is C21H18ClN3O2. The molecular weight excluding hydrogens is 362 g/mol. The maximum atomic E-state index is 12.4. The van der Waals surface area contributed by atoms with Crippen LogP contribution in [-0.2, 0) is 6.54 Å². The molecule has 5 nitrogen and oxygen atoms in total. The lowest BCUT2D eigenvalue weighted by Gasteiger charge is -2.09. The van der Waals surface area contributed by atoms with Gasteiger partial charge in [0.2, 0.25) is 0 Å². The number of amides is 2. The second-order valence-electron chi connectivity index (χ2n) is 6.04. The zero-order valence-electron chi connectivity index (χ0n) is 14.7. The van der Waals surface area contributed by atoms with Crippen LogP contribution in [0.5, 0.6) is 0 Å². The van der Waals surface area contributed by atoms with Crippen LogP contribution in [0.1, 0.15) is 31.8 Å². The summed E-state index contributed by atoms with van der Waals surface area (Å²) in [5.41, 5.74) is 3.32. The fraction of sp³-hybridized carbons (Fsp3) is 0.0952. The van der Waals surface area contributed by atoms with Gasteiger partial charge in [-0.1, -0.05) is 41.9 Å². The normalized spacial score (nSPS) is 10.3. The van der Waals surface area contributed by atoms with Gasteiger partial charge in [0, 0.05) is 29.6 Å². The molecule has 0 saturated heterocycles. The van der Waals surface area contributed by atoms with Crippen LogP contribution in [0.4, 0.5) is 5.69 Å². The highest BCUT2D eigenvalue weighted by Gasteiger charge is 2.12. The Balaban J connectivity index is 1.68. The summed E-state index contributed by atoms with van der Waals surface area (Å²) in [7, 11) is 0. The molecule has 3 rings (SSSR count). The predicted octanol–water partition coefficient (Wildman–Crippen LogP) is 4.23. The average molecular weight is 380 g/mol. The standard InChI is InChI=1S/C21H18ClN3O2/c1-14-5-2-3-6-15(14)13-24-20(26)16-9-17(12-23-11-16)21(27)25-19-8-4-7-18(22)10-19/h2-12H,13H2,1H3,(H,24,26)(H,25,27). The van der Waals surface area contributed by atoms with Crippen molar-refractivity contribution in [3.05, 3.63) is 94.3 Å². The van der Waals surface area contributed by atoms with Gasteiger partial charge in [0.25, 0.3) is 11.8 Å². The zero-order valence-corrected chi connectivity index (χ0v) is 15.5. The van der Waals surface area contributed by atoms with E-state index in [9.17, 15) is 9.59 Å². The van der Waals surface area contributed by atoms with Crippen LogP contribution in [-0.4, -0.2) is 16.8 Å². The Morgan fingerprint density at radius 3 is 2.44 bits per heavy atom. The average Bonchev–Trinajstić information content (AvgIpc) is 2.67. The fourth-order valence-electron chi connectivity index (χ4n) is 2.54. The third-order valence-electron chi connectivity index (χ3n) is 4.05. The summed E-state index contributed by atoms with van der Waals surface area (Å²) in [6, 6.07) is 16.2. The lowest BCUT2D eigenvalue weighted by atomic mass is 10.1. The predicted molar refractivity (Wildman–Crippen MR) is 106 cm³/mol. The molecule has 136 valence electrons. The van der Waals surface area contributed by atoms with Gasteiger partial charge >= 0.3 is 0 Å². The number of carbonyl (C=O) groups is 2. The number of benzene rings is 2. The molecule has 2 amide bonds. The molecule has 3 aromatic rings. The molecule has 2 N–H and O–H groups in total. The van der Waals surface area contributed by atoms with Crippen LogP contribution in [0.25, 0.3) is 0 Å². The summed E-state index contributed by atoms with van der Waals surface area (Å²) < 4.78 is 0. The molecule has 0 saturated carbocycles. The molecule has 6 heteroatoms. The van der Waals surface area contributed by atoms with Gasteiger partial charge < -0.3 is 10.6 Å². The minimum Gasteiger partial charge on any atom is -0.348 e. The van der Waals surface area contributed by atoms with Crippen LogP contribution < -0.4 is 10.6 Å². The molecule has 0 aliphatic carbocycles. The largest absolute Gasteiger partial charge is 0.348 e. The fourth-order valence-corrected chi connectivity index (χ4v) is 2.73. The van der Waals surface area contributed by atoms with Gasteiger partial charge in [0.05, 0.1) is 11.1 Å². The van der Waals surface area contributed by atoms with E-state index in [0.717, 1.165) is 11.1 Å². The lowest BCUT2D eigenvalue weighted by Crippen LogP contribution is -2.24. The Morgan fingerprint density at radius 1 is 0.963 bits per heavy atom. The first-order valence-electron chi connectivity index (χ1n) is 8.37. The molecule has 0 bridgehead atoms. The van der Waals surface area contributed by atoms with E-state index in [1.807, 2.05) is 31.2 Å². The van der Waals surface area contributed by atoms with Crippen molar-refractivity contribution in [2.75, 3.05) is 5.32 Å². The Morgan fingerprint density at radius 2 is 1.70 bits per heavy atom. The van der Waals surface area contributed by atoms with Crippen LogP contribution in [0.2, 0.25) is 5.02 Å². The van der Waals surface area contributed by atoms with Gasteiger partial charge in [0.15, 0.2) is 0 Å². The highest BCUT2D eigenvalue weighted by Crippen LogP contribution is 2.16. The summed E-state index contributed by atoms with van der Waals surface area (Å²) in [4.78, 5) is 28.8. The van der Waals surface area contributed by atoms with Crippen LogP contribution in [0.3, 0.4) is 0 Å². The van der Waals surface area contributed by atoms with Gasteiger partial charge in [-0.15, -0.1) is 0 Å². The summed E-state index contributed by atoms with van der Waals surface area (Å²) >= 11 is 5.92. The molecule has 2 aromatic carbocycles. The topological polar surface area (TPSA) is 71.1 Å². The Kier molecular flexibility index (Phi) is 5.84. The zero-order chi connectivity index (χ0) is 19.2. The molecule has 27 heavy (non-hydrogen) atoms. The van der Waals surface area contributed by atoms with Crippen molar-refractivity contribution in [2.45, 2.75) is 13.5 Å². The number of aromatic nitrogens is 1. The van der Waals surface area contributed by atoms with Crippen molar-refractivity contribution in [3.63, 3.8) is 0 Å². The quantitative estimate of drug-likeness (QED) is 0.697. The second kappa shape index (κ2) is 8.47. The number of aryl methyl sites for hydroxylation is 1. The lowest BCUT2D eigenvalue weighted by molar-refractivity contribution is 0.0950. The van der Waals surface area contributed by atoms with E-state index >= 15 is 0 Å². The maximum Gasteiger partial charge on any atom is 0.257 e. The van der Waals surface area contributed by atoms with Crippen molar-refractivity contribution in [1.29, 1.82) is 0 Å². The van der Waals surface area contributed by atoms with E-state index in [2.05, 4.69) is 15.6 Å². The number of nitrogens with one attached hydrogen (secondary N) is 2. The smallest absolute Gasteiger partial charge is 0.257 e. The molecule has 0 radical (unpaired) electrons. The second-order valence-corrected chi connectivity index (χ2v) is 6.47. The van der Waals surface area contributed by atoms with E-state index in [-0.39, 0.29) is 11.8 Å². The number of rotatable bonds is 5. The number of hydrogen-bond acceptors (Lipinski definition) is 3. The van der Waals surface area contributed by atoms with E-state index in [1.54, 1.807) is 24.3 Å². The first-order valence-corrected chi connectivity index (χ1v) is 8.75. The van der Waals surface area contributed by atoms with Crippen LogP contribution in [0.15, 0.2) is 67.0 Å². The molecule has 1 aromatic heterocycles. The number of anilines is 1. The summed E-state index contributed by atoms with van der Waals surface area (Å²) in [6.45, 7) is 2.40. The highest BCUT2D eigenvalue weighted by atomic mass is 35.5. The molecule has 0 aliphatic heterocycles. The van der Waals surface area contributed by atoms with Gasteiger partial charge in [-0.25, -0.2) is 0 Å². The minimum atomic E-state index is -0.363. The van der Waals surface area contributed by atoms with Gasteiger partial charge in [0.1, 0.15) is 0 Å². The molecule has 0 unspecified atom stereocenters. The SMILES string of the molecule is Cc1ccccc1CNC(=O)c1cncc(C(=O)Nc2cccc(Cl)c2)c1. The first-order chi connectivity index (χ1) is 13.0. The van der Waals surface area contributed by atoms with Gasteiger partial charge in [-0.2, -0.15) is 0 Å². The summed E-state index contributed by atoms with van der Waals surface area (Å²) in [5, 5.41) is 6.11. The Labute approximate surface area is 162 Å². The molecule has 1 heterocycles. The summed E-state index contributed by atoms with van der Waals surface area (Å²) in [6.07, 6.45) is 2.85. The molecule has 0 atom stereocenters. The molecule has 0 aliphatic rings. The summed E-state index contributed by atoms with van der Waals surface area (Å²) in [5.74, 6) is -0.651. The maximum absolute atomic E-state index is 12.4. The van der Waals surface area contributed by atoms with Crippen LogP contribution >= 0.6 is 11.6 Å². The van der Waals surface area contributed by atoms with Crippen LogP contribution in [0, 0.1) is 6.92 Å². The number of nitrogens with zero attached hydrogens (tertiary/aromatic N) is 1. The van der Waals surface area contributed by atoms with Crippen molar-refractivity contribution in [2.24, 2.45) is 0 Å². The van der Waals surface area contributed by atoms with Gasteiger partial charge in [-0.05, 0) is 42.3 Å². The van der Waals surface area contributed by atoms with E-state index in [4.69, 9.17) is 11.6 Å². The third kappa shape index (κ3) is 4.92. The number of pyridine rings is 1. The van der Waals surface area contributed by atoms with E-state index in [0.29, 0.717) is 28.4 Å². The Bertz CT molecular complexity index is 988. The number of halogens is 1. The van der Waals surface area contributed by atoms with E-state index in [1.165, 1.54) is 18.5 Å². The highest BCUT2D eigenvalue weighted by molar-refractivity contribution is 6.31. The minimum absolute atomic E-state index is 0.289. The number of carbonyl (C=O) groups excluding carboxylic acids is 2. The number of hydrogen-bond donors (Lipinski definition) is 2. The van der Waals surface area contributed by atoms with Crippen molar-refractivity contribution in [1.82, 2.24) is 10.3 Å². The first kappa shape index (κ1) is 18.6. The third-order valence-corrected chi connectivity index (χ3v) is 4.28.